The maximum Gasteiger partial charge on any atom is 0.151 e. The number of aryl methyl sites for hydroxylation is 1. The Morgan fingerprint density at radius 3 is 2.64 bits per heavy atom. The maximum atomic E-state index is 5.94. The van der Waals surface area contributed by atoms with Crippen LogP contribution >= 0.6 is 23.2 Å². The van der Waals surface area contributed by atoms with Crippen LogP contribution in [0.1, 0.15) is 12.6 Å². The van der Waals surface area contributed by atoms with Crippen molar-refractivity contribution in [2.45, 2.75) is 13.3 Å². The van der Waals surface area contributed by atoms with Gasteiger partial charge in [-0.25, -0.2) is 9.97 Å². The SMILES string of the molecule is CCc1nc2cc(Cl)ccc2nc1Cl. The van der Waals surface area contributed by atoms with Crippen LogP contribution in [0.4, 0.5) is 0 Å². The number of halogens is 2. The van der Waals surface area contributed by atoms with Gasteiger partial charge in [0, 0.05) is 5.02 Å². The minimum absolute atomic E-state index is 0.474. The van der Waals surface area contributed by atoms with Crippen molar-refractivity contribution in [1.29, 1.82) is 0 Å². The van der Waals surface area contributed by atoms with Crippen molar-refractivity contribution < 1.29 is 0 Å². The molecule has 1 heterocycles. The zero-order chi connectivity index (χ0) is 10.1. The third kappa shape index (κ3) is 1.68. The van der Waals surface area contributed by atoms with Crippen LogP contribution in [0.5, 0.6) is 0 Å². The second-order valence-corrected chi connectivity index (χ2v) is 3.74. The van der Waals surface area contributed by atoms with E-state index >= 15 is 0 Å². The number of fused-ring (bicyclic) bond motifs is 1. The summed E-state index contributed by atoms with van der Waals surface area (Å²) in [5.74, 6) is 0. The lowest BCUT2D eigenvalue weighted by molar-refractivity contribution is 1.03. The van der Waals surface area contributed by atoms with Gasteiger partial charge in [0.15, 0.2) is 5.15 Å². The van der Waals surface area contributed by atoms with Gasteiger partial charge in [-0.2, -0.15) is 0 Å². The fourth-order valence-corrected chi connectivity index (χ4v) is 1.70. The molecule has 0 saturated heterocycles. The molecular formula is C10H8Cl2N2. The molecule has 0 radical (unpaired) electrons. The lowest BCUT2D eigenvalue weighted by Crippen LogP contribution is -1.93. The predicted molar refractivity (Wildman–Crippen MR) is 58.9 cm³/mol. The first kappa shape index (κ1) is 9.69. The molecule has 2 aromatic rings. The Bertz CT molecular complexity index is 483. The molecule has 0 aliphatic rings. The first-order valence-corrected chi connectivity index (χ1v) is 5.08. The summed E-state index contributed by atoms with van der Waals surface area (Å²) in [6.07, 6.45) is 0.772. The normalized spacial score (nSPS) is 10.8. The van der Waals surface area contributed by atoms with Crippen LogP contribution in [-0.4, -0.2) is 9.97 Å². The van der Waals surface area contributed by atoms with Crippen molar-refractivity contribution in [2.24, 2.45) is 0 Å². The monoisotopic (exact) mass is 226 g/mol. The molecule has 2 rings (SSSR count). The highest BCUT2D eigenvalue weighted by Crippen LogP contribution is 2.20. The van der Waals surface area contributed by atoms with Gasteiger partial charge in [0.25, 0.3) is 0 Å². The van der Waals surface area contributed by atoms with E-state index in [9.17, 15) is 0 Å². The summed E-state index contributed by atoms with van der Waals surface area (Å²) in [6, 6.07) is 5.38. The molecule has 0 bridgehead atoms. The average molecular weight is 227 g/mol. The molecule has 2 nitrogen and oxygen atoms in total. The van der Waals surface area contributed by atoms with E-state index in [1.807, 2.05) is 13.0 Å². The largest absolute Gasteiger partial charge is 0.248 e. The number of rotatable bonds is 1. The fraction of sp³-hybridized carbons (Fsp3) is 0.200. The molecular weight excluding hydrogens is 219 g/mol. The summed E-state index contributed by atoms with van der Waals surface area (Å²) in [5, 5.41) is 1.14. The van der Waals surface area contributed by atoms with E-state index < -0.39 is 0 Å². The van der Waals surface area contributed by atoms with E-state index in [2.05, 4.69) is 9.97 Å². The van der Waals surface area contributed by atoms with Crippen molar-refractivity contribution in [1.82, 2.24) is 9.97 Å². The second kappa shape index (κ2) is 3.71. The Morgan fingerprint density at radius 2 is 1.93 bits per heavy atom. The van der Waals surface area contributed by atoms with E-state index in [4.69, 9.17) is 23.2 Å². The lowest BCUT2D eigenvalue weighted by Gasteiger charge is -2.02. The van der Waals surface area contributed by atoms with Gasteiger partial charge < -0.3 is 0 Å². The van der Waals surface area contributed by atoms with Crippen molar-refractivity contribution in [3.63, 3.8) is 0 Å². The smallest absolute Gasteiger partial charge is 0.151 e. The highest BCUT2D eigenvalue weighted by atomic mass is 35.5. The molecule has 0 atom stereocenters. The molecule has 0 saturated carbocycles. The molecule has 0 amide bonds. The lowest BCUT2D eigenvalue weighted by atomic mass is 10.3. The fourth-order valence-electron chi connectivity index (χ4n) is 1.27. The third-order valence-electron chi connectivity index (χ3n) is 1.98. The van der Waals surface area contributed by atoms with Gasteiger partial charge >= 0.3 is 0 Å². The maximum absolute atomic E-state index is 5.94. The van der Waals surface area contributed by atoms with Gasteiger partial charge in [-0.15, -0.1) is 0 Å². The Hall–Kier alpha value is -0.860. The standard InChI is InChI=1S/C10H8Cl2N2/c1-2-7-10(12)14-8-4-3-6(11)5-9(8)13-7/h3-5H,2H2,1H3. The molecule has 14 heavy (non-hydrogen) atoms. The molecule has 1 aromatic carbocycles. The van der Waals surface area contributed by atoms with Crippen LogP contribution < -0.4 is 0 Å². The third-order valence-corrected chi connectivity index (χ3v) is 2.52. The molecule has 4 heteroatoms. The van der Waals surface area contributed by atoms with E-state index in [1.165, 1.54) is 0 Å². The summed E-state index contributed by atoms with van der Waals surface area (Å²) in [5.41, 5.74) is 2.37. The minimum Gasteiger partial charge on any atom is -0.248 e. The van der Waals surface area contributed by atoms with E-state index in [0.29, 0.717) is 10.2 Å². The number of aromatic nitrogens is 2. The van der Waals surface area contributed by atoms with Crippen LogP contribution in [0.15, 0.2) is 18.2 Å². The van der Waals surface area contributed by atoms with E-state index in [1.54, 1.807) is 12.1 Å². The molecule has 72 valence electrons. The first-order chi connectivity index (χ1) is 6.70. The molecule has 0 aliphatic heterocycles. The van der Waals surface area contributed by atoms with Gasteiger partial charge in [0.05, 0.1) is 16.7 Å². The zero-order valence-corrected chi connectivity index (χ0v) is 9.10. The summed E-state index contributed by atoms with van der Waals surface area (Å²) >= 11 is 11.8. The molecule has 0 aliphatic carbocycles. The number of hydrogen-bond donors (Lipinski definition) is 0. The van der Waals surface area contributed by atoms with Crippen LogP contribution in [0, 0.1) is 0 Å². The number of hydrogen-bond acceptors (Lipinski definition) is 2. The topological polar surface area (TPSA) is 25.8 Å². The quantitative estimate of drug-likeness (QED) is 0.745. The Balaban J connectivity index is 2.73. The highest BCUT2D eigenvalue weighted by molar-refractivity contribution is 6.31. The predicted octanol–water partition coefficient (Wildman–Crippen LogP) is 3.50. The van der Waals surface area contributed by atoms with Crippen molar-refractivity contribution >= 4 is 34.2 Å². The minimum atomic E-state index is 0.474. The van der Waals surface area contributed by atoms with Gasteiger partial charge in [0.2, 0.25) is 0 Å². The van der Waals surface area contributed by atoms with Gasteiger partial charge in [-0.3, -0.25) is 0 Å². The molecule has 0 fully saturated rings. The van der Waals surface area contributed by atoms with Crippen LogP contribution in [0.2, 0.25) is 10.2 Å². The van der Waals surface area contributed by atoms with Crippen LogP contribution in [0.3, 0.4) is 0 Å². The summed E-state index contributed by atoms with van der Waals surface area (Å²) < 4.78 is 0. The number of benzene rings is 1. The van der Waals surface area contributed by atoms with Crippen LogP contribution in [0.25, 0.3) is 11.0 Å². The Labute approximate surface area is 91.9 Å². The molecule has 0 N–H and O–H groups in total. The summed E-state index contributed by atoms with van der Waals surface area (Å²) in [7, 11) is 0. The first-order valence-electron chi connectivity index (χ1n) is 4.32. The van der Waals surface area contributed by atoms with E-state index in [0.717, 1.165) is 23.1 Å². The Morgan fingerprint density at radius 1 is 1.14 bits per heavy atom. The van der Waals surface area contributed by atoms with Crippen LogP contribution in [-0.2, 0) is 6.42 Å². The highest BCUT2D eigenvalue weighted by Gasteiger charge is 2.04. The average Bonchev–Trinajstić information content (AvgIpc) is 2.17. The van der Waals surface area contributed by atoms with Gasteiger partial charge in [-0.1, -0.05) is 30.1 Å². The summed E-state index contributed by atoms with van der Waals surface area (Å²) in [6.45, 7) is 1.99. The van der Waals surface area contributed by atoms with Gasteiger partial charge in [0.1, 0.15) is 0 Å². The summed E-state index contributed by atoms with van der Waals surface area (Å²) in [4.78, 5) is 8.61. The molecule has 1 aromatic heterocycles. The zero-order valence-electron chi connectivity index (χ0n) is 7.59. The Kier molecular flexibility index (Phi) is 2.57. The van der Waals surface area contributed by atoms with Crippen molar-refractivity contribution in [2.75, 3.05) is 0 Å². The number of nitrogens with zero attached hydrogens (tertiary/aromatic N) is 2. The molecule has 0 unspecified atom stereocenters. The van der Waals surface area contributed by atoms with Gasteiger partial charge in [-0.05, 0) is 24.6 Å². The molecule has 0 spiro atoms. The van der Waals surface area contributed by atoms with Crippen molar-refractivity contribution in [3.8, 4) is 0 Å². The van der Waals surface area contributed by atoms with Crippen molar-refractivity contribution in [3.05, 3.63) is 34.1 Å². The van der Waals surface area contributed by atoms with E-state index in [-0.39, 0.29) is 0 Å². The second-order valence-electron chi connectivity index (χ2n) is 2.95.